The molecule has 1 unspecified atom stereocenters. The fourth-order valence-corrected chi connectivity index (χ4v) is 5.71. The van der Waals surface area contributed by atoms with Crippen LogP contribution in [0.1, 0.15) is 43.9 Å². The molecule has 1 saturated heterocycles. The minimum Gasteiger partial charge on any atom is -0.289 e. The molecule has 7 heteroatoms. The topological polar surface area (TPSA) is 57.6 Å². The van der Waals surface area contributed by atoms with E-state index in [0.29, 0.717) is 29.4 Å². The molecule has 1 aliphatic rings. The van der Waals surface area contributed by atoms with Gasteiger partial charge in [0.15, 0.2) is 0 Å². The van der Waals surface area contributed by atoms with Crippen LogP contribution >= 0.6 is 23.2 Å². The minimum absolute atomic E-state index is 0.00910. The molecular weight excluding hydrogens is 417 g/mol. The molecule has 1 fully saturated rings. The molecule has 3 rings (SSSR count). The lowest BCUT2D eigenvalue weighted by atomic mass is 9.81. The van der Waals surface area contributed by atoms with Crippen LogP contribution in [-0.2, 0) is 10.1 Å². The summed E-state index contributed by atoms with van der Waals surface area (Å²) in [5.74, 6) is -0.1000. The summed E-state index contributed by atoms with van der Waals surface area (Å²) in [7, 11) is -4.07. The summed E-state index contributed by atoms with van der Waals surface area (Å²) in [6, 6.07) is 15.4. The molecule has 2 aromatic carbocycles. The third-order valence-corrected chi connectivity index (χ3v) is 7.56. The van der Waals surface area contributed by atoms with Crippen LogP contribution in [0.2, 0.25) is 10.0 Å². The second-order valence-electron chi connectivity index (χ2n) is 7.45. The lowest BCUT2D eigenvalue weighted by Crippen LogP contribution is -2.61. The fraction of sp³-hybridized carbons (Fsp3) is 0.429. The van der Waals surface area contributed by atoms with Crippen molar-refractivity contribution in [2.75, 3.05) is 6.54 Å². The first-order valence-electron chi connectivity index (χ1n) is 9.45. The van der Waals surface area contributed by atoms with Gasteiger partial charge in [-0.2, -0.15) is 8.42 Å². The van der Waals surface area contributed by atoms with Crippen molar-refractivity contribution in [1.82, 2.24) is 4.90 Å². The van der Waals surface area contributed by atoms with Crippen molar-refractivity contribution < 1.29 is 13.0 Å². The van der Waals surface area contributed by atoms with Crippen LogP contribution in [0.5, 0.6) is 0 Å². The van der Waals surface area contributed by atoms with Gasteiger partial charge in [0.1, 0.15) is 0 Å². The number of hydrogen-bond acceptors (Lipinski definition) is 3. The van der Waals surface area contributed by atoms with Crippen LogP contribution in [0.4, 0.5) is 0 Å². The Balaban J connectivity index is 1.92. The lowest BCUT2D eigenvalue weighted by Gasteiger charge is -2.52. The van der Waals surface area contributed by atoms with Crippen molar-refractivity contribution >= 4 is 33.3 Å². The molecule has 0 aromatic heterocycles. The van der Waals surface area contributed by atoms with E-state index in [1.807, 2.05) is 62.4 Å². The Morgan fingerprint density at radius 3 is 1.86 bits per heavy atom. The highest BCUT2D eigenvalue weighted by Gasteiger charge is 2.47. The second-order valence-corrected chi connectivity index (χ2v) is 9.96. The van der Waals surface area contributed by atoms with E-state index in [-0.39, 0.29) is 18.0 Å². The van der Waals surface area contributed by atoms with Crippen LogP contribution in [0.15, 0.2) is 48.5 Å². The Bertz CT molecular complexity index is 855. The van der Waals surface area contributed by atoms with Crippen molar-refractivity contribution in [1.29, 1.82) is 0 Å². The summed E-state index contributed by atoms with van der Waals surface area (Å²) >= 11 is 12.1. The van der Waals surface area contributed by atoms with E-state index in [2.05, 4.69) is 4.90 Å². The SMILES string of the molecule is CCCC([C@@H]1CN(C(c2ccc(Cl)cc2)c2ccc(Cl)cc2)[C@H]1C)S(=O)(=O)O. The van der Waals surface area contributed by atoms with Gasteiger partial charge in [-0.1, -0.05) is 60.8 Å². The Kier molecular flexibility index (Phi) is 6.72. The van der Waals surface area contributed by atoms with Gasteiger partial charge in [0.2, 0.25) is 0 Å². The zero-order valence-electron chi connectivity index (χ0n) is 15.9. The molecule has 1 N–H and O–H groups in total. The molecule has 0 aliphatic carbocycles. The zero-order valence-corrected chi connectivity index (χ0v) is 18.3. The van der Waals surface area contributed by atoms with Gasteiger partial charge in [0, 0.05) is 28.5 Å². The molecule has 0 radical (unpaired) electrons. The number of halogens is 2. The Morgan fingerprint density at radius 2 is 1.50 bits per heavy atom. The molecule has 1 aliphatic heterocycles. The van der Waals surface area contributed by atoms with Gasteiger partial charge in [-0.25, -0.2) is 0 Å². The monoisotopic (exact) mass is 441 g/mol. The van der Waals surface area contributed by atoms with E-state index < -0.39 is 15.4 Å². The predicted octanol–water partition coefficient (Wildman–Crippen LogP) is 5.46. The molecule has 4 nitrogen and oxygen atoms in total. The molecule has 28 heavy (non-hydrogen) atoms. The lowest BCUT2D eigenvalue weighted by molar-refractivity contribution is -0.00427. The van der Waals surface area contributed by atoms with Gasteiger partial charge < -0.3 is 0 Å². The first-order valence-corrected chi connectivity index (χ1v) is 11.7. The standard InChI is InChI=1S/C21H25Cl2NO3S/c1-3-4-20(28(25,26)27)19-13-24(14(19)2)21(15-5-9-17(22)10-6-15)16-7-11-18(23)12-8-16/h5-12,14,19-21H,3-4,13H2,1-2H3,(H,25,26,27)/t14-,19+,20?/m0/s1. The summed E-state index contributed by atoms with van der Waals surface area (Å²) in [4.78, 5) is 2.27. The Hall–Kier alpha value is -1.11. The average molecular weight is 442 g/mol. The van der Waals surface area contributed by atoms with E-state index in [0.717, 1.165) is 11.1 Å². The highest BCUT2D eigenvalue weighted by molar-refractivity contribution is 7.86. The molecule has 1 heterocycles. The fourth-order valence-electron chi connectivity index (χ4n) is 4.17. The molecule has 152 valence electrons. The average Bonchev–Trinajstić information content (AvgIpc) is 2.64. The molecular formula is C21H25Cl2NO3S. The van der Waals surface area contributed by atoms with Crippen molar-refractivity contribution in [3.05, 3.63) is 69.7 Å². The summed E-state index contributed by atoms with van der Waals surface area (Å²) < 4.78 is 33.5. The summed E-state index contributed by atoms with van der Waals surface area (Å²) in [6.07, 6.45) is 1.18. The van der Waals surface area contributed by atoms with Crippen molar-refractivity contribution in [2.45, 2.75) is 44.0 Å². The maximum Gasteiger partial charge on any atom is 0.268 e. The van der Waals surface area contributed by atoms with Crippen LogP contribution in [-0.4, -0.2) is 35.7 Å². The number of likely N-dealkylation sites (tertiary alicyclic amines) is 1. The predicted molar refractivity (Wildman–Crippen MR) is 115 cm³/mol. The molecule has 3 atom stereocenters. The van der Waals surface area contributed by atoms with Gasteiger partial charge in [0.25, 0.3) is 10.1 Å². The van der Waals surface area contributed by atoms with Crippen LogP contribution in [0.25, 0.3) is 0 Å². The second kappa shape index (κ2) is 8.72. The first-order chi connectivity index (χ1) is 13.2. The largest absolute Gasteiger partial charge is 0.289 e. The van der Waals surface area contributed by atoms with Crippen molar-refractivity contribution in [3.8, 4) is 0 Å². The summed E-state index contributed by atoms with van der Waals surface area (Å²) in [5.41, 5.74) is 2.16. The van der Waals surface area contributed by atoms with Crippen molar-refractivity contribution in [3.63, 3.8) is 0 Å². The van der Waals surface area contributed by atoms with Crippen molar-refractivity contribution in [2.24, 2.45) is 5.92 Å². The zero-order chi connectivity index (χ0) is 20.5. The molecule has 0 saturated carbocycles. The van der Waals surface area contributed by atoms with Crippen LogP contribution in [0.3, 0.4) is 0 Å². The first kappa shape index (κ1) is 21.6. The summed E-state index contributed by atoms with van der Waals surface area (Å²) in [5, 5.41) is 0.616. The molecule has 2 aromatic rings. The van der Waals surface area contributed by atoms with Crippen LogP contribution < -0.4 is 0 Å². The normalized spacial score (nSPS) is 21.5. The van der Waals surface area contributed by atoms with E-state index in [1.54, 1.807) is 0 Å². The number of benzene rings is 2. The number of rotatable bonds is 7. The Labute approximate surface area is 177 Å². The molecule has 0 spiro atoms. The quantitative estimate of drug-likeness (QED) is 0.579. The Morgan fingerprint density at radius 1 is 1.04 bits per heavy atom. The maximum atomic E-state index is 11.9. The number of hydrogen-bond donors (Lipinski definition) is 1. The molecule has 0 bridgehead atoms. The van der Waals surface area contributed by atoms with Gasteiger partial charge in [-0.05, 0) is 48.7 Å². The third-order valence-electron chi connectivity index (χ3n) is 5.70. The van der Waals surface area contributed by atoms with E-state index in [1.165, 1.54) is 0 Å². The summed E-state index contributed by atoms with van der Waals surface area (Å²) in [6.45, 7) is 4.56. The van der Waals surface area contributed by atoms with Gasteiger partial charge in [-0.3, -0.25) is 9.45 Å². The highest BCUT2D eigenvalue weighted by Crippen LogP contribution is 2.42. The van der Waals surface area contributed by atoms with E-state index >= 15 is 0 Å². The minimum atomic E-state index is -4.07. The maximum absolute atomic E-state index is 11.9. The third kappa shape index (κ3) is 4.55. The van der Waals surface area contributed by atoms with E-state index in [9.17, 15) is 13.0 Å². The van der Waals surface area contributed by atoms with Gasteiger partial charge in [-0.15, -0.1) is 0 Å². The van der Waals surface area contributed by atoms with E-state index in [4.69, 9.17) is 23.2 Å². The highest BCUT2D eigenvalue weighted by atomic mass is 35.5. The van der Waals surface area contributed by atoms with Gasteiger partial charge >= 0.3 is 0 Å². The smallest absolute Gasteiger partial charge is 0.268 e. The molecule has 0 amide bonds. The van der Waals surface area contributed by atoms with Gasteiger partial charge in [0.05, 0.1) is 11.3 Å². The number of nitrogens with zero attached hydrogens (tertiary/aromatic N) is 1. The van der Waals surface area contributed by atoms with Crippen LogP contribution in [0, 0.1) is 5.92 Å².